The van der Waals surface area contributed by atoms with E-state index in [0.29, 0.717) is 13.2 Å². The van der Waals surface area contributed by atoms with E-state index in [-0.39, 0.29) is 0 Å². The van der Waals surface area contributed by atoms with Crippen molar-refractivity contribution in [2.45, 2.75) is 32.7 Å². The summed E-state index contributed by atoms with van der Waals surface area (Å²) in [7, 11) is 1.63. The Morgan fingerprint density at radius 1 is 0.964 bits per heavy atom. The summed E-state index contributed by atoms with van der Waals surface area (Å²) in [5, 5.41) is 10.3. The summed E-state index contributed by atoms with van der Waals surface area (Å²) < 4.78 is 7.45. The van der Waals surface area contributed by atoms with E-state index >= 15 is 0 Å². The van der Waals surface area contributed by atoms with Gasteiger partial charge < -0.3 is 19.3 Å². The van der Waals surface area contributed by atoms with Crippen LogP contribution in [0.15, 0.2) is 72.9 Å². The minimum Gasteiger partial charge on any atom is -0.385 e. The van der Waals surface area contributed by atoms with E-state index in [9.17, 15) is 5.11 Å². The largest absolute Gasteiger partial charge is 0.385 e. The van der Waals surface area contributed by atoms with Crippen molar-refractivity contribution in [3.05, 3.63) is 95.3 Å². The van der Waals surface area contributed by atoms with Gasteiger partial charge in [-0.1, -0.05) is 54.6 Å². The van der Waals surface area contributed by atoms with Crippen molar-refractivity contribution in [2.75, 3.05) is 20.3 Å². The van der Waals surface area contributed by atoms with Crippen molar-refractivity contribution in [1.82, 2.24) is 4.57 Å². The number of quaternary nitrogens is 1. The first kappa shape index (κ1) is 20.3. The molecule has 0 spiro atoms. The molecule has 0 saturated heterocycles. The third-order valence-electron chi connectivity index (χ3n) is 5.14. The van der Waals surface area contributed by atoms with E-state index in [0.717, 1.165) is 19.6 Å². The SMILES string of the molecule is COC[C@H](O)C[NH+](Cc1ccccc1)Cc1cccn1Cc1ccccc1C. The maximum absolute atomic E-state index is 10.3. The van der Waals surface area contributed by atoms with Gasteiger partial charge in [0.25, 0.3) is 0 Å². The first-order chi connectivity index (χ1) is 13.7. The lowest BCUT2D eigenvalue weighted by atomic mass is 10.1. The molecule has 0 aliphatic carbocycles. The maximum Gasteiger partial charge on any atom is 0.126 e. The van der Waals surface area contributed by atoms with E-state index in [2.05, 4.69) is 78.4 Å². The highest BCUT2D eigenvalue weighted by Gasteiger charge is 2.18. The lowest BCUT2D eigenvalue weighted by Gasteiger charge is -2.23. The minimum absolute atomic E-state index is 0.364. The fraction of sp³-hybridized carbons (Fsp3) is 0.333. The molecule has 0 radical (unpaired) electrons. The van der Waals surface area contributed by atoms with Crippen LogP contribution in [0.5, 0.6) is 0 Å². The summed E-state index contributed by atoms with van der Waals surface area (Å²) in [4.78, 5) is 1.32. The van der Waals surface area contributed by atoms with Gasteiger partial charge in [-0.25, -0.2) is 0 Å². The van der Waals surface area contributed by atoms with E-state index in [4.69, 9.17) is 4.74 Å². The maximum atomic E-state index is 10.3. The van der Waals surface area contributed by atoms with Gasteiger partial charge >= 0.3 is 0 Å². The summed E-state index contributed by atoms with van der Waals surface area (Å²) in [6, 6.07) is 23.3. The molecule has 148 valence electrons. The monoisotopic (exact) mass is 379 g/mol. The fourth-order valence-corrected chi connectivity index (χ4v) is 3.67. The molecule has 0 fully saturated rings. The lowest BCUT2D eigenvalue weighted by molar-refractivity contribution is -0.931. The van der Waals surface area contributed by atoms with Crippen molar-refractivity contribution in [2.24, 2.45) is 0 Å². The summed E-state index contributed by atoms with van der Waals surface area (Å²) in [6.45, 7) is 5.77. The Hall–Kier alpha value is -2.40. The number of aliphatic hydroxyl groups excluding tert-OH is 1. The Balaban J connectivity index is 1.75. The fourth-order valence-electron chi connectivity index (χ4n) is 3.67. The molecule has 1 heterocycles. The number of aromatic nitrogens is 1. The highest BCUT2D eigenvalue weighted by Crippen LogP contribution is 2.11. The summed E-state index contributed by atoms with van der Waals surface area (Å²) >= 11 is 0. The number of ether oxygens (including phenoxy) is 1. The molecule has 0 aliphatic rings. The van der Waals surface area contributed by atoms with E-state index in [1.54, 1.807) is 7.11 Å². The zero-order valence-electron chi connectivity index (χ0n) is 16.8. The van der Waals surface area contributed by atoms with Crippen molar-refractivity contribution < 1.29 is 14.7 Å². The summed E-state index contributed by atoms with van der Waals surface area (Å²) in [6.07, 6.45) is 1.68. The number of rotatable bonds is 10. The molecule has 0 amide bonds. The van der Waals surface area contributed by atoms with Crippen LogP contribution < -0.4 is 4.90 Å². The molecular weight excluding hydrogens is 348 g/mol. The van der Waals surface area contributed by atoms with Crippen LogP contribution in [0.25, 0.3) is 0 Å². The second-order valence-electron chi connectivity index (χ2n) is 7.46. The number of aliphatic hydroxyl groups is 1. The molecule has 3 aromatic rings. The number of benzene rings is 2. The van der Waals surface area contributed by atoms with Gasteiger partial charge in [-0.15, -0.1) is 0 Å². The Kier molecular flexibility index (Phi) is 7.43. The Labute approximate surface area is 168 Å². The van der Waals surface area contributed by atoms with Crippen molar-refractivity contribution in [3.63, 3.8) is 0 Å². The molecule has 2 aromatic carbocycles. The minimum atomic E-state index is -0.469. The number of nitrogens with one attached hydrogen (secondary N) is 1. The molecule has 4 nitrogen and oxygen atoms in total. The molecule has 28 heavy (non-hydrogen) atoms. The van der Waals surface area contributed by atoms with Gasteiger partial charge in [-0.3, -0.25) is 0 Å². The molecule has 1 unspecified atom stereocenters. The number of methoxy groups -OCH3 is 1. The molecule has 0 aliphatic heterocycles. The average molecular weight is 380 g/mol. The van der Waals surface area contributed by atoms with Gasteiger partial charge in [0.2, 0.25) is 0 Å². The van der Waals surface area contributed by atoms with Crippen LogP contribution in [-0.4, -0.2) is 36.0 Å². The molecule has 2 atom stereocenters. The zero-order chi connectivity index (χ0) is 19.8. The van der Waals surface area contributed by atoms with Crippen LogP contribution in [0, 0.1) is 6.92 Å². The number of hydrogen-bond donors (Lipinski definition) is 2. The molecule has 0 saturated carbocycles. The van der Waals surface area contributed by atoms with E-state index < -0.39 is 6.10 Å². The van der Waals surface area contributed by atoms with E-state index in [1.165, 1.54) is 27.3 Å². The normalized spacial score (nSPS) is 13.4. The second kappa shape index (κ2) is 10.2. The van der Waals surface area contributed by atoms with Gasteiger partial charge in [0, 0.05) is 25.4 Å². The third kappa shape index (κ3) is 5.80. The topological polar surface area (TPSA) is 38.8 Å². The number of aryl methyl sites for hydroxylation is 1. The predicted octanol–water partition coefficient (Wildman–Crippen LogP) is 2.44. The highest BCUT2D eigenvalue weighted by molar-refractivity contribution is 5.26. The molecular formula is C24H31N2O2+. The van der Waals surface area contributed by atoms with Crippen molar-refractivity contribution in [3.8, 4) is 0 Å². The average Bonchev–Trinajstić information content (AvgIpc) is 3.11. The molecule has 4 heteroatoms. The molecule has 0 bridgehead atoms. The zero-order valence-corrected chi connectivity index (χ0v) is 16.8. The van der Waals surface area contributed by atoms with Crippen LogP contribution in [-0.2, 0) is 24.4 Å². The van der Waals surface area contributed by atoms with Gasteiger partial charge in [0.1, 0.15) is 25.7 Å². The third-order valence-corrected chi connectivity index (χ3v) is 5.14. The number of nitrogens with zero attached hydrogens (tertiary/aromatic N) is 1. The summed E-state index contributed by atoms with van der Waals surface area (Å²) in [5.74, 6) is 0. The van der Waals surface area contributed by atoms with Crippen LogP contribution in [0.1, 0.15) is 22.4 Å². The quantitative estimate of drug-likeness (QED) is 0.568. The Morgan fingerprint density at radius 2 is 1.71 bits per heavy atom. The molecule has 3 rings (SSSR count). The van der Waals surface area contributed by atoms with Crippen molar-refractivity contribution in [1.29, 1.82) is 0 Å². The second-order valence-corrected chi connectivity index (χ2v) is 7.46. The van der Waals surface area contributed by atoms with E-state index in [1.807, 2.05) is 6.07 Å². The summed E-state index contributed by atoms with van der Waals surface area (Å²) in [5.41, 5.74) is 5.20. The Morgan fingerprint density at radius 3 is 2.46 bits per heavy atom. The van der Waals surface area contributed by atoms with Gasteiger partial charge in [-0.05, 0) is 30.2 Å². The van der Waals surface area contributed by atoms with Crippen molar-refractivity contribution >= 4 is 0 Å². The van der Waals surface area contributed by atoms with Gasteiger partial charge in [0.15, 0.2) is 0 Å². The predicted molar refractivity (Wildman–Crippen MR) is 112 cm³/mol. The Bertz CT molecular complexity index is 845. The van der Waals surface area contributed by atoms with Crippen LogP contribution in [0.4, 0.5) is 0 Å². The van der Waals surface area contributed by atoms with Gasteiger partial charge in [-0.2, -0.15) is 0 Å². The molecule has 2 N–H and O–H groups in total. The van der Waals surface area contributed by atoms with Crippen LogP contribution in [0.3, 0.4) is 0 Å². The standard InChI is InChI=1S/C24H30N2O2/c1-20-9-6-7-12-22(20)16-26-14-8-13-23(26)17-25(18-24(27)19-28-2)15-21-10-4-3-5-11-21/h3-14,24,27H,15-19H2,1-2H3/p+1/t24-/m1/s1. The molecule has 1 aromatic heterocycles. The highest BCUT2D eigenvalue weighted by atomic mass is 16.5. The smallest absolute Gasteiger partial charge is 0.126 e. The van der Waals surface area contributed by atoms with Crippen LogP contribution >= 0.6 is 0 Å². The number of hydrogen-bond acceptors (Lipinski definition) is 2. The van der Waals surface area contributed by atoms with Gasteiger partial charge in [0.05, 0.1) is 12.3 Å². The first-order valence-corrected chi connectivity index (χ1v) is 9.88. The van der Waals surface area contributed by atoms with Crippen LogP contribution in [0.2, 0.25) is 0 Å². The first-order valence-electron chi connectivity index (χ1n) is 9.88. The lowest BCUT2D eigenvalue weighted by Crippen LogP contribution is -3.10.